The molecule has 0 aliphatic heterocycles. The number of ether oxygens (including phenoxy) is 1. The molecule has 0 N–H and O–H groups in total. The second-order valence-electron chi connectivity index (χ2n) is 5.52. The summed E-state index contributed by atoms with van der Waals surface area (Å²) in [6.45, 7) is 0. The van der Waals surface area contributed by atoms with Crippen molar-refractivity contribution in [1.29, 1.82) is 0 Å². The van der Waals surface area contributed by atoms with Gasteiger partial charge < -0.3 is 4.74 Å². The van der Waals surface area contributed by atoms with Crippen molar-refractivity contribution in [3.05, 3.63) is 33.8 Å². The van der Waals surface area contributed by atoms with Crippen LogP contribution in [0.3, 0.4) is 0 Å². The van der Waals surface area contributed by atoms with Gasteiger partial charge in [-0.05, 0) is 36.0 Å². The minimum atomic E-state index is -3.35. The van der Waals surface area contributed by atoms with Gasteiger partial charge in [-0.25, -0.2) is 8.42 Å². The largest absolute Gasteiger partial charge is 0.469 e. The van der Waals surface area contributed by atoms with E-state index in [2.05, 4.69) is 4.74 Å². The summed E-state index contributed by atoms with van der Waals surface area (Å²) in [6.07, 6.45) is 1.61. The molecule has 2 rings (SSSR count). The maximum atomic E-state index is 12.3. The fraction of sp³-hybridized carbons (Fsp3) is 0.500. The number of carbonyl (C=O) groups excluding carboxylic acids is 1. The van der Waals surface area contributed by atoms with Crippen LogP contribution < -0.4 is 0 Å². The van der Waals surface area contributed by atoms with E-state index in [1.165, 1.54) is 13.2 Å². The Balaban J connectivity index is 2.07. The molecule has 4 nitrogen and oxygen atoms in total. The lowest BCUT2D eigenvalue weighted by Crippen LogP contribution is -2.22. The molecular weight excluding hydrogens is 335 g/mol. The third-order valence-corrected chi connectivity index (χ3v) is 6.01. The maximum Gasteiger partial charge on any atom is 0.306 e. The van der Waals surface area contributed by atoms with Crippen molar-refractivity contribution in [1.82, 2.24) is 0 Å². The van der Waals surface area contributed by atoms with Gasteiger partial charge in [-0.3, -0.25) is 4.79 Å². The lowest BCUT2D eigenvalue weighted by atomic mass is 10.1. The summed E-state index contributed by atoms with van der Waals surface area (Å²) in [4.78, 5) is 11.4. The van der Waals surface area contributed by atoms with Crippen molar-refractivity contribution in [2.45, 2.75) is 25.0 Å². The van der Waals surface area contributed by atoms with Crippen LogP contribution in [-0.2, 0) is 25.1 Å². The topological polar surface area (TPSA) is 60.4 Å². The van der Waals surface area contributed by atoms with E-state index in [9.17, 15) is 13.2 Å². The lowest BCUT2D eigenvalue weighted by Gasteiger charge is -2.14. The molecule has 0 spiro atoms. The van der Waals surface area contributed by atoms with E-state index in [-0.39, 0.29) is 23.9 Å². The van der Waals surface area contributed by atoms with Gasteiger partial charge >= 0.3 is 5.97 Å². The second kappa shape index (κ2) is 6.15. The zero-order valence-corrected chi connectivity index (χ0v) is 13.9. The highest BCUT2D eigenvalue weighted by Gasteiger charge is 2.47. The number of benzene rings is 1. The van der Waals surface area contributed by atoms with Crippen molar-refractivity contribution in [2.24, 2.45) is 5.41 Å². The first-order chi connectivity index (χ1) is 9.75. The van der Waals surface area contributed by atoms with E-state index in [4.69, 9.17) is 23.2 Å². The standard InChI is InChI=1S/C14H16Cl2O4S/c1-20-13(17)7-14(4-5-14)9-21(18,19)8-10-2-3-11(15)6-12(10)16/h2-3,6H,4-5,7-9H2,1H3. The molecular formula is C14H16Cl2O4S. The van der Waals surface area contributed by atoms with Crippen LogP contribution in [0.25, 0.3) is 0 Å². The summed E-state index contributed by atoms with van der Waals surface area (Å²) >= 11 is 11.8. The van der Waals surface area contributed by atoms with Crippen LogP contribution in [0.2, 0.25) is 10.0 Å². The van der Waals surface area contributed by atoms with Gasteiger partial charge in [0, 0.05) is 10.0 Å². The fourth-order valence-electron chi connectivity index (χ4n) is 2.32. The highest BCUT2D eigenvalue weighted by molar-refractivity contribution is 7.90. The Hall–Kier alpha value is -0.780. The molecule has 0 amide bonds. The van der Waals surface area contributed by atoms with Crippen molar-refractivity contribution in [3.8, 4) is 0 Å². The minimum absolute atomic E-state index is 0.0198. The van der Waals surface area contributed by atoms with E-state index in [0.717, 1.165) is 12.8 Å². The van der Waals surface area contributed by atoms with Gasteiger partial charge in [-0.2, -0.15) is 0 Å². The highest BCUT2D eigenvalue weighted by Crippen LogP contribution is 2.50. The number of sulfone groups is 1. The first-order valence-corrected chi connectivity index (χ1v) is 9.04. The Labute approximate surface area is 134 Å². The smallest absolute Gasteiger partial charge is 0.306 e. The molecule has 21 heavy (non-hydrogen) atoms. The summed E-state index contributed by atoms with van der Waals surface area (Å²) in [6, 6.07) is 4.75. The van der Waals surface area contributed by atoms with Gasteiger partial charge in [0.2, 0.25) is 0 Å². The number of methoxy groups -OCH3 is 1. The maximum absolute atomic E-state index is 12.3. The minimum Gasteiger partial charge on any atom is -0.469 e. The van der Waals surface area contributed by atoms with Gasteiger partial charge in [0.25, 0.3) is 0 Å². The van der Waals surface area contributed by atoms with Gasteiger partial charge in [0.05, 0.1) is 25.0 Å². The molecule has 7 heteroatoms. The molecule has 0 heterocycles. The molecule has 0 bridgehead atoms. The number of carbonyl (C=O) groups is 1. The van der Waals surface area contributed by atoms with Crippen molar-refractivity contribution < 1.29 is 17.9 Å². The molecule has 116 valence electrons. The van der Waals surface area contributed by atoms with Crippen LogP contribution in [-0.4, -0.2) is 27.2 Å². The Morgan fingerprint density at radius 3 is 2.52 bits per heavy atom. The summed E-state index contributed by atoms with van der Waals surface area (Å²) < 4.78 is 29.3. The van der Waals surface area contributed by atoms with Gasteiger partial charge in [-0.1, -0.05) is 29.3 Å². The summed E-state index contributed by atoms with van der Waals surface area (Å²) in [5.41, 5.74) is 0.0695. The molecule has 0 aromatic heterocycles. The Bertz CT molecular complexity index is 651. The molecule has 0 radical (unpaired) electrons. The SMILES string of the molecule is COC(=O)CC1(CS(=O)(=O)Cc2ccc(Cl)cc2Cl)CC1. The van der Waals surface area contributed by atoms with E-state index < -0.39 is 15.3 Å². The molecule has 1 aromatic carbocycles. The van der Waals surface area contributed by atoms with Crippen molar-refractivity contribution >= 4 is 39.0 Å². The molecule has 0 atom stereocenters. The molecule has 1 aromatic rings. The average Bonchev–Trinajstić information content (AvgIpc) is 3.11. The van der Waals surface area contributed by atoms with Crippen LogP contribution in [0.15, 0.2) is 18.2 Å². The Kier molecular flexibility index (Phi) is 4.85. The van der Waals surface area contributed by atoms with Crippen LogP contribution >= 0.6 is 23.2 Å². The summed E-state index contributed by atoms with van der Waals surface area (Å²) in [5, 5.41) is 0.800. The third kappa shape index (κ3) is 4.59. The summed E-state index contributed by atoms with van der Waals surface area (Å²) in [7, 11) is -2.05. The zero-order chi connectivity index (χ0) is 15.7. The van der Waals surface area contributed by atoms with E-state index in [1.807, 2.05) is 0 Å². The zero-order valence-electron chi connectivity index (χ0n) is 11.6. The Morgan fingerprint density at radius 2 is 2.00 bits per heavy atom. The molecule has 1 fully saturated rings. The number of halogens is 2. The number of hydrogen-bond donors (Lipinski definition) is 0. The molecule has 1 aliphatic rings. The quantitative estimate of drug-likeness (QED) is 0.738. The van der Waals surface area contributed by atoms with Crippen LogP contribution in [0.4, 0.5) is 0 Å². The second-order valence-corrected chi connectivity index (χ2v) is 8.43. The normalized spacial score (nSPS) is 16.5. The number of rotatable bonds is 6. The molecule has 0 unspecified atom stereocenters. The number of esters is 1. The summed E-state index contributed by atoms with van der Waals surface area (Å²) in [5.74, 6) is -0.535. The van der Waals surface area contributed by atoms with E-state index >= 15 is 0 Å². The monoisotopic (exact) mass is 350 g/mol. The predicted octanol–water partition coefficient (Wildman–Crippen LogP) is 3.25. The predicted molar refractivity (Wildman–Crippen MR) is 82.3 cm³/mol. The first kappa shape index (κ1) is 16.6. The molecule has 1 aliphatic carbocycles. The molecule has 0 saturated heterocycles. The van der Waals surface area contributed by atoms with Crippen LogP contribution in [0.1, 0.15) is 24.8 Å². The van der Waals surface area contributed by atoms with E-state index in [1.54, 1.807) is 12.1 Å². The van der Waals surface area contributed by atoms with Crippen LogP contribution in [0, 0.1) is 5.41 Å². The molecule has 1 saturated carbocycles. The van der Waals surface area contributed by atoms with Crippen molar-refractivity contribution in [3.63, 3.8) is 0 Å². The van der Waals surface area contributed by atoms with Gasteiger partial charge in [0.1, 0.15) is 0 Å². The van der Waals surface area contributed by atoms with Gasteiger partial charge in [-0.15, -0.1) is 0 Å². The highest BCUT2D eigenvalue weighted by atomic mass is 35.5. The lowest BCUT2D eigenvalue weighted by molar-refractivity contribution is -0.141. The average molecular weight is 351 g/mol. The third-order valence-electron chi connectivity index (χ3n) is 3.62. The fourth-order valence-corrected chi connectivity index (χ4v) is 5.03. The Morgan fingerprint density at radius 1 is 1.33 bits per heavy atom. The first-order valence-electron chi connectivity index (χ1n) is 6.46. The van der Waals surface area contributed by atoms with Crippen LogP contribution in [0.5, 0.6) is 0 Å². The van der Waals surface area contributed by atoms with Crippen molar-refractivity contribution in [2.75, 3.05) is 12.9 Å². The number of hydrogen-bond acceptors (Lipinski definition) is 4. The van der Waals surface area contributed by atoms with Gasteiger partial charge in [0.15, 0.2) is 9.84 Å². The van der Waals surface area contributed by atoms with E-state index in [0.29, 0.717) is 15.6 Å².